The van der Waals surface area contributed by atoms with Gasteiger partial charge in [-0.15, -0.1) is 0 Å². The van der Waals surface area contributed by atoms with E-state index in [1.165, 1.54) is 83.8 Å². The molecule has 0 saturated heterocycles. The quantitative estimate of drug-likeness (QED) is 0.157. The molecule has 0 amide bonds. The lowest BCUT2D eigenvalue weighted by molar-refractivity contribution is 1.07. The standard InChI is InChI=1S/C50H50N4/c1-31-23-33(3)47(34(4)24-31)54(48-35(5)25-32(2)26-36(48)6)50-39(9)37(7)49(38(8)40(50)10)53(46-21-22-51-30-52-46)45-28-43(41-17-13-11-14-18-41)27-44(29-45)42-19-15-12-16-20-42/h11-30H,1-10H3. The van der Waals surface area contributed by atoms with E-state index in [4.69, 9.17) is 4.98 Å². The Bertz CT molecular complexity index is 2290. The van der Waals surface area contributed by atoms with E-state index in [1.807, 2.05) is 12.3 Å². The summed E-state index contributed by atoms with van der Waals surface area (Å²) in [5.74, 6) is 0.819. The van der Waals surface area contributed by atoms with Crippen molar-refractivity contribution < 1.29 is 0 Å². The van der Waals surface area contributed by atoms with Crippen LogP contribution in [-0.4, -0.2) is 9.97 Å². The van der Waals surface area contributed by atoms with Gasteiger partial charge in [0.1, 0.15) is 12.1 Å². The van der Waals surface area contributed by atoms with Gasteiger partial charge in [-0.1, -0.05) is 96.1 Å². The molecule has 0 saturated carbocycles. The SMILES string of the molecule is Cc1cc(C)c(N(c2c(C)cc(C)cc2C)c2c(C)c(C)c(N(c3cc(-c4ccccc4)cc(-c4ccccc4)c3)c3ccncn3)c(C)c2C)c(C)c1. The lowest BCUT2D eigenvalue weighted by Gasteiger charge is -2.37. The molecule has 7 rings (SSSR count). The molecular formula is C50H50N4. The van der Waals surface area contributed by atoms with Crippen LogP contribution in [0, 0.1) is 69.2 Å². The minimum absolute atomic E-state index is 0.819. The summed E-state index contributed by atoms with van der Waals surface area (Å²) < 4.78 is 0. The van der Waals surface area contributed by atoms with Crippen LogP contribution in [0.1, 0.15) is 55.6 Å². The maximum absolute atomic E-state index is 4.90. The maximum atomic E-state index is 4.90. The molecule has 0 radical (unpaired) electrons. The van der Waals surface area contributed by atoms with E-state index in [2.05, 4.69) is 187 Å². The summed E-state index contributed by atoms with van der Waals surface area (Å²) in [7, 11) is 0. The second-order valence-electron chi connectivity index (χ2n) is 14.9. The summed E-state index contributed by atoms with van der Waals surface area (Å²) in [5, 5.41) is 0. The molecule has 6 aromatic carbocycles. The Hall–Kier alpha value is -6.00. The highest BCUT2D eigenvalue weighted by atomic mass is 15.2. The van der Waals surface area contributed by atoms with Gasteiger partial charge in [0, 0.05) is 11.9 Å². The van der Waals surface area contributed by atoms with Crippen LogP contribution >= 0.6 is 0 Å². The summed E-state index contributed by atoms with van der Waals surface area (Å²) in [6.45, 7) is 22.5. The number of aryl methyl sites for hydroxylation is 6. The monoisotopic (exact) mass is 706 g/mol. The summed E-state index contributed by atoms with van der Waals surface area (Å²) in [6.07, 6.45) is 3.48. The molecular weight excluding hydrogens is 657 g/mol. The van der Waals surface area contributed by atoms with Gasteiger partial charge in [-0.2, -0.15) is 0 Å². The molecule has 0 aliphatic carbocycles. The van der Waals surface area contributed by atoms with Crippen LogP contribution in [0.25, 0.3) is 22.3 Å². The number of benzene rings is 6. The van der Waals surface area contributed by atoms with E-state index >= 15 is 0 Å². The average Bonchev–Trinajstić information content (AvgIpc) is 3.15. The highest BCUT2D eigenvalue weighted by Crippen LogP contribution is 2.50. The van der Waals surface area contributed by atoms with Gasteiger partial charge in [0.05, 0.1) is 22.7 Å². The van der Waals surface area contributed by atoms with E-state index in [0.717, 1.165) is 28.3 Å². The molecule has 7 aromatic rings. The topological polar surface area (TPSA) is 32.3 Å². The Labute approximate surface area is 321 Å². The number of hydrogen-bond donors (Lipinski definition) is 0. The van der Waals surface area contributed by atoms with Crippen molar-refractivity contribution in [2.75, 3.05) is 9.80 Å². The van der Waals surface area contributed by atoms with Gasteiger partial charge in [0.15, 0.2) is 0 Å². The predicted octanol–water partition coefficient (Wildman–Crippen LogP) is 13.8. The fourth-order valence-electron chi connectivity index (χ4n) is 8.46. The number of anilines is 6. The highest BCUT2D eigenvalue weighted by Gasteiger charge is 2.29. The van der Waals surface area contributed by atoms with Crippen LogP contribution in [0.2, 0.25) is 0 Å². The molecule has 270 valence electrons. The van der Waals surface area contributed by atoms with Crippen molar-refractivity contribution in [3.63, 3.8) is 0 Å². The van der Waals surface area contributed by atoms with Crippen molar-refractivity contribution in [1.29, 1.82) is 0 Å². The average molecular weight is 707 g/mol. The third-order valence-electron chi connectivity index (χ3n) is 10.9. The summed E-state index contributed by atoms with van der Waals surface area (Å²) in [5.41, 5.74) is 23.0. The summed E-state index contributed by atoms with van der Waals surface area (Å²) in [4.78, 5) is 14.1. The fourth-order valence-corrected chi connectivity index (χ4v) is 8.46. The number of hydrogen-bond acceptors (Lipinski definition) is 4. The number of rotatable bonds is 8. The Morgan fingerprint density at radius 3 is 1.19 bits per heavy atom. The van der Waals surface area contributed by atoms with Gasteiger partial charge < -0.3 is 4.90 Å². The van der Waals surface area contributed by atoms with Gasteiger partial charge in [0.2, 0.25) is 0 Å². The van der Waals surface area contributed by atoms with Gasteiger partial charge in [-0.25, -0.2) is 9.97 Å². The molecule has 0 atom stereocenters. The molecule has 1 aromatic heterocycles. The first-order valence-corrected chi connectivity index (χ1v) is 18.8. The van der Waals surface area contributed by atoms with Crippen LogP contribution < -0.4 is 9.80 Å². The minimum atomic E-state index is 0.819. The first-order chi connectivity index (χ1) is 25.9. The lowest BCUT2D eigenvalue weighted by atomic mass is 9.91. The molecule has 0 aliphatic heterocycles. The van der Waals surface area contributed by atoms with E-state index < -0.39 is 0 Å². The molecule has 0 spiro atoms. The molecule has 0 N–H and O–H groups in total. The van der Waals surface area contributed by atoms with E-state index in [0.29, 0.717) is 0 Å². The smallest absolute Gasteiger partial charge is 0.140 e. The molecule has 54 heavy (non-hydrogen) atoms. The molecule has 0 aliphatic rings. The van der Waals surface area contributed by atoms with Crippen LogP contribution in [0.15, 0.2) is 122 Å². The third kappa shape index (κ3) is 6.69. The first kappa shape index (κ1) is 36.4. The van der Waals surface area contributed by atoms with Crippen LogP contribution in [-0.2, 0) is 0 Å². The Balaban J connectivity index is 1.54. The Morgan fingerprint density at radius 2 is 0.796 bits per heavy atom. The van der Waals surface area contributed by atoms with E-state index in [1.54, 1.807) is 6.33 Å². The zero-order chi connectivity index (χ0) is 38.3. The third-order valence-corrected chi connectivity index (χ3v) is 10.9. The Morgan fingerprint density at radius 1 is 0.389 bits per heavy atom. The van der Waals surface area contributed by atoms with Crippen molar-refractivity contribution in [3.05, 3.63) is 177 Å². The molecule has 0 bridgehead atoms. The lowest BCUT2D eigenvalue weighted by Crippen LogP contribution is -2.21. The first-order valence-electron chi connectivity index (χ1n) is 18.8. The van der Waals surface area contributed by atoms with Crippen molar-refractivity contribution in [3.8, 4) is 22.3 Å². The van der Waals surface area contributed by atoms with E-state index in [-0.39, 0.29) is 0 Å². The highest BCUT2D eigenvalue weighted by molar-refractivity contribution is 5.92. The fraction of sp³-hybridized carbons (Fsp3) is 0.200. The van der Waals surface area contributed by atoms with Crippen LogP contribution in [0.5, 0.6) is 0 Å². The van der Waals surface area contributed by atoms with Crippen molar-refractivity contribution in [2.24, 2.45) is 0 Å². The van der Waals surface area contributed by atoms with E-state index in [9.17, 15) is 0 Å². The zero-order valence-corrected chi connectivity index (χ0v) is 33.3. The van der Waals surface area contributed by atoms with Crippen molar-refractivity contribution >= 4 is 34.3 Å². The van der Waals surface area contributed by atoms with Gasteiger partial charge >= 0.3 is 0 Å². The molecule has 4 heteroatoms. The van der Waals surface area contributed by atoms with Crippen LogP contribution in [0.4, 0.5) is 34.3 Å². The largest absolute Gasteiger partial charge is 0.309 e. The number of aromatic nitrogens is 2. The van der Waals surface area contributed by atoms with Crippen molar-refractivity contribution in [2.45, 2.75) is 69.2 Å². The van der Waals surface area contributed by atoms with Crippen LogP contribution in [0.3, 0.4) is 0 Å². The van der Waals surface area contributed by atoms with Gasteiger partial charge in [-0.05, 0) is 160 Å². The predicted molar refractivity (Wildman–Crippen MR) is 230 cm³/mol. The second kappa shape index (κ2) is 14.8. The van der Waals surface area contributed by atoms with Crippen molar-refractivity contribution in [1.82, 2.24) is 9.97 Å². The van der Waals surface area contributed by atoms with Gasteiger partial charge in [0.25, 0.3) is 0 Å². The zero-order valence-electron chi connectivity index (χ0n) is 33.3. The normalized spacial score (nSPS) is 11.1. The molecule has 1 heterocycles. The Kier molecular flexibility index (Phi) is 9.96. The van der Waals surface area contributed by atoms with Gasteiger partial charge in [-0.3, -0.25) is 4.90 Å². The second-order valence-corrected chi connectivity index (χ2v) is 14.9. The number of nitrogens with zero attached hydrogens (tertiary/aromatic N) is 4. The summed E-state index contributed by atoms with van der Waals surface area (Å²) >= 11 is 0. The molecule has 4 nitrogen and oxygen atoms in total. The minimum Gasteiger partial charge on any atom is -0.309 e. The summed E-state index contributed by atoms with van der Waals surface area (Å²) in [6, 6.07) is 39.4. The molecule has 0 unspecified atom stereocenters. The maximum Gasteiger partial charge on any atom is 0.140 e. The molecule has 0 fully saturated rings.